The molecule has 0 aliphatic heterocycles. The quantitative estimate of drug-likeness (QED) is 0.200. The summed E-state index contributed by atoms with van der Waals surface area (Å²) in [5, 5.41) is 30.7. The molecule has 0 aliphatic carbocycles. The summed E-state index contributed by atoms with van der Waals surface area (Å²) in [5.74, 6) is -4.51. The molecule has 0 aromatic heterocycles. The highest BCUT2D eigenvalue weighted by Gasteiger charge is 2.25. The maximum absolute atomic E-state index is 11.4. The highest BCUT2D eigenvalue weighted by atomic mass is 16.4. The Morgan fingerprint density at radius 2 is 1.03 bits per heavy atom. The van der Waals surface area contributed by atoms with Crippen LogP contribution in [0.25, 0.3) is 0 Å². The lowest BCUT2D eigenvalue weighted by molar-refractivity contribution is 0.0633. The predicted molar refractivity (Wildman–Crippen MR) is 122 cm³/mol. The maximum Gasteiger partial charge on any atom is 0.337 e. The van der Waals surface area contributed by atoms with E-state index in [0.717, 1.165) is 19.3 Å². The molecule has 0 saturated heterocycles. The molecule has 0 atom stereocenters. The first-order valence-corrected chi connectivity index (χ1v) is 11.5. The summed E-state index contributed by atoms with van der Waals surface area (Å²) >= 11 is 0. The minimum Gasteiger partial charge on any atom is -0.478 e. The SMILES string of the molecule is CCCCCCCCCCCCCCCNc1cc(C(=O)O)c(C(=O)O)c(C(=O)O)c1. The van der Waals surface area contributed by atoms with Crippen molar-refractivity contribution in [1.82, 2.24) is 0 Å². The molecule has 1 aromatic carbocycles. The van der Waals surface area contributed by atoms with Gasteiger partial charge in [-0.2, -0.15) is 0 Å². The topological polar surface area (TPSA) is 124 Å². The highest BCUT2D eigenvalue weighted by Crippen LogP contribution is 2.22. The molecule has 4 N–H and O–H groups in total. The van der Waals surface area contributed by atoms with Gasteiger partial charge in [-0.25, -0.2) is 14.4 Å². The maximum atomic E-state index is 11.4. The van der Waals surface area contributed by atoms with Crippen LogP contribution in [0.5, 0.6) is 0 Å². The lowest BCUT2D eigenvalue weighted by atomic mass is 9.99. The average Bonchev–Trinajstić information content (AvgIpc) is 2.73. The second-order valence-corrected chi connectivity index (χ2v) is 8.03. The van der Waals surface area contributed by atoms with Crippen LogP contribution in [-0.2, 0) is 0 Å². The van der Waals surface area contributed by atoms with Crippen LogP contribution in [0.2, 0.25) is 0 Å². The Kier molecular flexibility index (Phi) is 13.0. The molecule has 0 radical (unpaired) electrons. The van der Waals surface area contributed by atoms with Crippen LogP contribution in [0.1, 0.15) is 121 Å². The number of carboxylic acid groups (broad SMARTS) is 3. The van der Waals surface area contributed by atoms with Crippen LogP contribution >= 0.6 is 0 Å². The van der Waals surface area contributed by atoms with Gasteiger partial charge in [-0.05, 0) is 18.6 Å². The predicted octanol–water partition coefficient (Wildman–Crippen LogP) is 6.28. The van der Waals surface area contributed by atoms with E-state index in [0.29, 0.717) is 12.2 Å². The number of nitrogens with one attached hydrogen (secondary N) is 1. The number of carbonyl (C=O) groups is 3. The van der Waals surface area contributed by atoms with Gasteiger partial charge in [0.1, 0.15) is 0 Å². The fourth-order valence-electron chi connectivity index (χ4n) is 3.69. The molecule has 7 nitrogen and oxygen atoms in total. The van der Waals surface area contributed by atoms with Gasteiger partial charge in [0.2, 0.25) is 0 Å². The zero-order chi connectivity index (χ0) is 23.1. The third-order valence-corrected chi connectivity index (χ3v) is 5.42. The van der Waals surface area contributed by atoms with E-state index in [9.17, 15) is 29.7 Å². The Bertz CT molecular complexity index is 681. The minimum absolute atomic E-state index is 0.304. The second-order valence-electron chi connectivity index (χ2n) is 8.03. The van der Waals surface area contributed by atoms with Gasteiger partial charge in [-0.3, -0.25) is 0 Å². The summed E-state index contributed by atoms with van der Waals surface area (Å²) in [4.78, 5) is 34.1. The molecule has 0 saturated carbocycles. The molecule has 174 valence electrons. The smallest absolute Gasteiger partial charge is 0.337 e. The highest BCUT2D eigenvalue weighted by molar-refractivity contribution is 6.10. The van der Waals surface area contributed by atoms with Gasteiger partial charge in [0.15, 0.2) is 0 Å². The summed E-state index contributed by atoms with van der Waals surface area (Å²) in [5.41, 5.74) is -1.45. The van der Waals surface area contributed by atoms with Gasteiger partial charge in [0, 0.05) is 12.2 Å². The molecule has 0 spiro atoms. The Balaban J connectivity index is 2.29. The Morgan fingerprint density at radius 1 is 0.645 bits per heavy atom. The zero-order valence-corrected chi connectivity index (χ0v) is 18.6. The Hall–Kier alpha value is -2.57. The normalized spacial score (nSPS) is 10.7. The molecule has 0 heterocycles. The fourth-order valence-corrected chi connectivity index (χ4v) is 3.69. The van der Waals surface area contributed by atoms with E-state index in [-0.39, 0.29) is 0 Å². The second kappa shape index (κ2) is 15.3. The molecule has 1 rings (SSSR count). The summed E-state index contributed by atoms with van der Waals surface area (Å²) in [6, 6.07) is 2.36. The summed E-state index contributed by atoms with van der Waals surface area (Å²) < 4.78 is 0. The van der Waals surface area contributed by atoms with Crippen LogP contribution in [0.3, 0.4) is 0 Å². The van der Waals surface area contributed by atoms with Crippen molar-refractivity contribution < 1.29 is 29.7 Å². The van der Waals surface area contributed by atoms with Crippen molar-refractivity contribution in [1.29, 1.82) is 0 Å². The number of aromatic carboxylic acids is 3. The standard InChI is InChI=1S/C24H37NO6/c1-2-3-4-5-6-7-8-9-10-11-12-13-14-15-25-18-16-19(22(26)27)21(24(30)31)20(17-18)23(28)29/h16-17,25H,2-15H2,1H3,(H,26,27)(H,28,29)(H,30,31). The van der Waals surface area contributed by atoms with Gasteiger partial charge >= 0.3 is 17.9 Å². The van der Waals surface area contributed by atoms with Gasteiger partial charge in [0.05, 0.1) is 16.7 Å². The molecule has 1 aromatic rings. The van der Waals surface area contributed by atoms with Crippen LogP contribution in [0, 0.1) is 0 Å². The molecule has 31 heavy (non-hydrogen) atoms. The average molecular weight is 436 g/mol. The van der Waals surface area contributed by atoms with Crippen molar-refractivity contribution in [3.63, 3.8) is 0 Å². The lowest BCUT2D eigenvalue weighted by Gasteiger charge is -2.12. The third-order valence-electron chi connectivity index (χ3n) is 5.42. The van der Waals surface area contributed by atoms with Crippen molar-refractivity contribution in [2.75, 3.05) is 11.9 Å². The molecule has 7 heteroatoms. The van der Waals surface area contributed by atoms with Crippen molar-refractivity contribution in [2.24, 2.45) is 0 Å². The van der Waals surface area contributed by atoms with Crippen molar-refractivity contribution in [2.45, 2.75) is 90.4 Å². The van der Waals surface area contributed by atoms with Gasteiger partial charge in [-0.1, -0.05) is 84.0 Å². The molecule has 0 amide bonds. The van der Waals surface area contributed by atoms with Crippen molar-refractivity contribution in [3.05, 3.63) is 28.8 Å². The van der Waals surface area contributed by atoms with Gasteiger partial charge in [-0.15, -0.1) is 0 Å². The van der Waals surface area contributed by atoms with E-state index in [1.807, 2.05) is 0 Å². The molecule has 0 fully saturated rings. The van der Waals surface area contributed by atoms with E-state index < -0.39 is 34.6 Å². The summed E-state index contributed by atoms with van der Waals surface area (Å²) in [7, 11) is 0. The van der Waals surface area contributed by atoms with Crippen LogP contribution < -0.4 is 5.32 Å². The number of rotatable bonds is 18. The monoisotopic (exact) mass is 435 g/mol. The van der Waals surface area contributed by atoms with Gasteiger partial charge < -0.3 is 20.6 Å². The van der Waals surface area contributed by atoms with Gasteiger partial charge in [0.25, 0.3) is 0 Å². The largest absolute Gasteiger partial charge is 0.478 e. The first kappa shape index (κ1) is 26.5. The van der Waals surface area contributed by atoms with Crippen LogP contribution in [0.15, 0.2) is 12.1 Å². The first-order chi connectivity index (χ1) is 14.9. The number of anilines is 1. The number of hydrogen-bond donors (Lipinski definition) is 4. The van der Waals surface area contributed by atoms with Crippen LogP contribution in [0.4, 0.5) is 5.69 Å². The van der Waals surface area contributed by atoms with E-state index in [2.05, 4.69) is 12.2 Å². The number of unbranched alkanes of at least 4 members (excludes halogenated alkanes) is 12. The van der Waals surface area contributed by atoms with Crippen molar-refractivity contribution >= 4 is 23.6 Å². The van der Waals surface area contributed by atoms with Crippen LogP contribution in [-0.4, -0.2) is 39.8 Å². The number of benzene rings is 1. The Morgan fingerprint density at radius 3 is 1.39 bits per heavy atom. The fraction of sp³-hybridized carbons (Fsp3) is 0.625. The molecule has 0 unspecified atom stereocenters. The number of carboxylic acids is 3. The molecule has 0 bridgehead atoms. The third kappa shape index (κ3) is 10.3. The number of hydrogen-bond acceptors (Lipinski definition) is 4. The summed E-state index contributed by atoms with van der Waals surface area (Å²) in [6.45, 7) is 2.81. The lowest BCUT2D eigenvalue weighted by Crippen LogP contribution is -2.16. The van der Waals surface area contributed by atoms with E-state index in [4.69, 9.17) is 0 Å². The van der Waals surface area contributed by atoms with E-state index in [1.54, 1.807) is 0 Å². The van der Waals surface area contributed by atoms with Crippen molar-refractivity contribution in [3.8, 4) is 0 Å². The Labute approximate surface area is 184 Å². The summed E-state index contributed by atoms with van der Waals surface area (Å²) in [6.07, 6.45) is 16.2. The minimum atomic E-state index is -1.57. The van der Waals surface area contributed by atoms with E-state index >= 15 is 0 Å². The first-order valence-electron chi connectivity index (χ1n) is 11.5. The zero-order valence-electron chi connectivity index (χ0n) is 18.6. The van der Waals surface area contributed by atoms with E-state index in [1.165, 1.54) is 76.3 Å². The molecular formula is C24H37NO6. The molecule has 0 aliphatic rings. The molecular weight excluding hydrogens is 398 g/mol.